The van der Waals surface area contributed by atoms with Crippen molar-refractivity contribution in [3.63, 3.8) is 0 Å². The largest absolute Gasteiger partial charge is 0.390 e. The van der Waals surface area contributed by atoms with Crippen LogP contribution in [0.1, 0.15) is 19.3 Å². The van der Waals surface area contributed by atoms with Gasteiger partial charge in [0.15, 0.2) is 0 Å². The van der Waals surface area contributed by atoms with Gasteiger partial charge in [-0.2, -0.15) is 9.90 Å². The van der Waals surface area contributed by atoms with Gasteiger partial charge in [-0.1, -0.05) is 0 Å². The average Bonchev–Trinajstić information content (AvgIpc) is 2.27. The summed E-state index contributed by atoms with van der Waals surface area (Å²) in [7, 11) is 2.40. The molecule has 0 spiro atoms. The van der Waals surface area contributed by atoms with Crippen LogP contribution in [0.25, 0.3) is 0 Å². The molecule has 102 valence electrons. The quantitative estimate of drug-likeness (QED) is 0.559. The van der Waals surface area contributed by atoms with Gasteiger partial charge in [0.2, 0.25) is 0 Å². The molecule has 0 aromatic carbocycles. The van der Waals surface area contributed by atoms with Gasteiger partial charge in [0.25, 0.3) is 0 Å². The molecule has 0 bridgehead atoms. The monoisotopic (exact) mass is 283 g/mol. The van der Waals surface area contributed by atoms with Crippen molar-refractivity contribution in [2.24, 2.45) is 0 Å². The van der Waals surface area contributed by atoms with Gasteiger partial charge in [0, 0.05) is 18.2 Å². The summed E-state index contributed by atoms with van der Waals surface area (Å²) >= 11 is 0. The van der Waals surface area contributed by atoms with E-state index in [9.17, 15) is 10.2 Å². The molecule has 2 N–H and O–H groups in total. The number of likely N-dealkylation sites (tertiary alicyclic amines) is 1. The summed E-state index contributed by atoms with van der Waals surface area (Å²) in [6.07, 6.45) is 1.52. The van der Waals surface area contributed by atoms with Crippen LogP contribution in [0.4, 0.5) is 0 Å². The molecule has 2 rings (SSSR count). The summed E-state index contributed by atoms with van der Waals surface area (Å²) in [5.74, 6) is 0. The zero-order chi connectivity index (χ0) is 11.5. The first kappa shape index (κ1) is 15.7. The van der Waals surface area contributed by atoms with Crippen molar-refractivity contribution in [2.75, 3.05) is 20.2 Å². The highest BCUT2D eigenvalue weighted by Crippen LogP contribution is 2.34. The van der Waals surface area contributed by atoms with Gasteiger partial charge in [-0.05, 0) is 26.3 Å². The van der Waals surface area contributed by atoms with Crippen LogP contribution in [0, 0.1) is 0 Å². The third kappa shape index (κ3) is 4.36. The molecule has 6 unspecified atom stereocenters. The van der Waals surface area contributed by atoms with Gasteiger partial charge in [0.1, 0.15) is 0 Å². The van der Waals surface area contributed by atoms with Crippen molar-refractivity contribution in [3.8, 4) is 0 Å². The summed E-state index contributed by atoms with van der Waals surface area (Å²) < 4.78 is 5.00. The molecule has 0 aliphatic carbocycles. The number of likely N-dealkylation sites (N-methyl/N-ethyl adjacent to an activating group) is 1. The first-order valence-corrected chi connectivity index (χ1v) is 6.75. The molecular weight excluding hydrogens is 260 g/mol. The second-order valence-corrected chi connectivity index (χ2v) is 5.93. The smallest absolute Gasteiger partial charge is 0.0926 e. The number of hydrogen-bond acceptors (Lipinski definition) is 5. The van der Waals surface area contributed by atoms with Crippen LogP contribution in [0.5, 0.6) is 0 Å². The molecule has 0 aromatic rings. The van der Waals surface area contributed by atoms with E-state index in [0.717, 1.165) is 12.8 Å². The lowest BCUT2D eigenvalue weighted by molar-refractivity contribution is -0.206. The Kier molecular flexibility index (Phi) is 6.75. The van der Waals surface area contributed by atoms with E-state index in [4.69, 9.17) is 9.56 Å². The molecule has 2 fully saturated rings. The number of aliphatic hydroxyl groups is 2. The van der Waals surface area contributed by atoms with Crippen molar-refractivity contribution < 1.29 is 19.8 Å². The lowest BCUT2D eigenvalue weighted by atomic mass is 9.94. The highest BCUT2D eigenvalue weighted by atomic mass is 31.1. The highest BCUT2D eigenvalue weighted by Gasteiger charge is 2.33. The summed E-state index contributed by atoms with van der Waals surface area (Å²) in [5, 5.41) is 19.2. The van der Waals surface area contributed by atoms with Crippen LogP contribution in [0.3, 0.4) is 0 Å². The Morgan fingerprint density at radius 1 is 1.35 bits per heavy atom. The van der Waals surface area contributed by atoms with E-state index >= 15 is 0 Å². The zero-order valence-corrected chi connectivity index (χ0v) is 12.6. The Morgan fingerprint density at radius 3 is 2.76 bits per heavy atom. The third-order valence-electron chi connectivity index (χ3n) is 3.44. The summed E-state index contributed by atoms with van der Waals surface area (Å²) in [6, 6.07) is 0.345. The van der Waals surface area contributed by atoms with Crippen molar-refractivity contribution in [3.05, 3.63) is 0 Å². The summed E-state index contributed by atoms with van der Waals surface area (Å²) in [6.45, 7) is 1.22. The van der Waals surface area contributed by atoms with Gasteiger partial charge < -0.3 is 15.1 Å². The molecule has 0 radical (unpaired) electrons. The molecule has 0 saturated carbocycles. The summed E-state index contributed by atoms with van der Waals surface area (Å²) in [5.41, 5.74) is 0.531. The molecule has 0 aromatic heterocycles. The van der Waals surface area contributed by atoms with E-state index < -0.39 is 12.2 Å². The van der Waals surface area contributed by atoms with Crippen molar-refractivity contribution in [1.29, 1.82) is 0 Å². The predicted octanol–water partition coefficient (Wildman–Crippen LogP) is 0.174. The normalized spacial score (nSPS) is 41.1. The Bertz CT molecular complexity index is 228. The molecule has 5 nitrogen and oxygen atoms in total. The second kappa shape index (κ2) is 7.30. The molecule has 17 heavy (non-hydrogen) atoms. The summed E-state index contributed by atoms with van der Waals surface area (Å²) in [4.78, 5) is 7.00. The number of rotatable bonds is 2. The van der Waals surface area contributed by atoms with Crippen LogP contribution in [0.2, 0.25) is 0 Å². The van der Waals surface area contributed by atoms with Crippen LogP contribution < -0.4 is 0 Å². The van der Waals surface area contributed by atoms with E-state index in [2.05, 4.69) is 4.90 Å². The van der Waals surface area contributed by atoms with Crippen LogP contribution in [0.15, 0.2) is 0 Å². The predicted molar refractivity (Wildman–Crippen MR) is 72.5 cm³/mol. The Hall–Kier alpha value is 0.660. The minimum Gasteiger partial charge on any atom is -0.390 e. The van der Waals surface area contributed by atoms with Crippen molar-refractivity contribution in [2.45, 2.75) is 43.2 Å². The van der Waals surface area contributed by atoms with Gasteiger partial charge in [-0.3, -0.25) is 0 Å². The van der Waals surface area contributed by atoms with Crippen LogP contribution >= 0.6 is 18.7 Å². The van der Waals surface area contributed by atoms with E-state index in [-0.39, 0.29) is 9.90 Å². The number of piperidine rings is 1. The Labute approximate surface area is 107 Å². The number of hydrogen-bond donors (Lipinski definition) is 2. The lowest BCUT2D eigenvalue weighted by Crippen LogP contribution is -2.51. The topological polar surface area (TPSA) is 62.2 Å². The maximum Gasteiger partial charge on any atom is 0.0926 e. The lowest BCUT2D eigenvalue weighted by Gasteiger charge is -2.39. The first-order valence-electron chi connectivity index (χ1n) is 5.77. The van der Waals surface area contributed by atoms with Crippen molar-refractivity contribution >= 4 is 18.7 Å². The highest BCUT2D eigenvalue weighted by molar-refractivity contribution is 7.33. The van der Waals surface area contributed by atoms with Crippen LogP contribution in [-0.2, 0) is 9.56 Å². The maximum absolute atomic E-state index is 9.67. The molecule has 2 saturated heterocycles. The minimum atomic E-state index is -0.602. The molecule has 2 aliphatic rings. The van der Waals surface area contributed by atoms with E-state index in [1.54, 1.807) is 0 Å². The molecule has 6 atom stereocenters. The van der Waals surface area contributed by atoms with Gasteiger partial charge >= 0.3 is 0 Å². The Balaban J connectivity index is 0.00000144. The SMILES string of the molecule is CN1CC(O)C(O)CC1CC1CCOOP1.P. The number of aliphatic hydroxyl groups excluding tert-OH is 2. The fourth-order valence-corrected chi connectivity index (χ4v) is 3.24. The minimum absolute atomic E-state index is 0. The van der Waals surface area contributed by atoms with E-state index in [1.165, 1.54) is 0 Å². The Morgan fingerprint density at radius 2 is 2.12 bits per heavy atom. The number of β-amino-alcohol motifs (C(OH)–C–C–N with tert-alkyl or cyclic N) is 1. The van der Waals surface area contributed by atoms with Crippen molar-refractivity contribution in [1.82, 2.24) is 4.90 Å². The fourth-order valence-electron chi connectivity index (χ4n) is 2.35. The molecular formula is C10H23NO4P2. The average molecular weight is 283 g/mol. The van der Waals surface area contributed by atoms with Gasteiger partial charge in [-0.25, -0.2) is 9.56 Å². The molecule has 7 heteroatoms. The fraction of sp³-hybridized carbons (Fsp3) is 1.00. The number of nitrogens with zero attached hydrogens (tertiary/aromatic N) is 1. The molecule has 2 heterocycles. The first-order chi connectivity index (χ1) is 7.66. The standard InChI is InChI=1S/C10H20NO4P.H3P/c1-11-6-10(13)9(12)5-7(11)4-8-2-3-14-15-16-8;/h7-10,12-13,16H,2-6H2,1H3;1H3. The zero-order valence-electron chi connectivity index (χ0n) is 10.2. The molecule has 2 aliphatic heterocycles. The third-order valence-corrected chi connectivity index (χ3v) is 4.51. The van der Waals surface area contributed by atoms with Gasteiger partial charge in [-0.15, -0.1) is 0 Å². The van der Waals surface area contributed by atoms with Crippen LogP contribution in [-0.4, -0.2) is 59.2 Å². The maximum atomic E-state index is 9.67. The molecule has 0 amide bonds. The second-order valence-electron chi connectivity index (χ2n) is 4.71. The van der Waals surface area contributed by atoms with Gasteiger partial charge in [0.05, 0.1) is 27.6 Å². The van der Waals surface area contributed by atoms with E-state index in [1.807, 2.05) is 7.05 Å². The van der Waals surface area contributed by atoms with E-state index in [0.29, 0.717) is 40.1 Å².